The molecular weight excluding hydrogens is 355 g/mol. The van der Waals surface area contributed by atoms with Crippen LogP contribution in [0.4, 0.5) is 4.39 Å². The number of carbonyl (C=O) groups is 1. The Hall–Kier alpha value is -2.51. The van der Waals surface area contributed by atoms with Crippen molar-refractivity contribution in [1.29, 1.82) is 0 Å². The number of hydrogen-bond donors (Lipinski definition) is 2. The first-order valence-electron chi connectivity index (χ1n) is 8.09. The van der Waals surface area contributed by atoms with Crippen LogP contribution in [0.5, 0.6) is 0 Å². The number of benzene rings is 2. The van der Waals surface area contributed by atoms with Crippen molar-refractivity contribution in [1.82, 2.24) is 10.0 Å². The third-order valence-corrected chi connectivity index (χ3v) is 5.02. The molecule has 0 saturated carbocycles. The standard InChI is InChI=1S/C19H21FN2O3S/c1-14(2)22-26(24,25)18-5-3-4-16(12-18)13-21-19(23)11-8-15-6-9-17(20)10-7-15/h3-12,14,22H,13H2,1-2H3,(H,21,23). The van der Waals surface area contributed by atoms with Crippen molar-refractivity contribution < 1.29 is 17.6 Å². The molecule has 0 radical (unpaired) electrons. The van der Waals surface area contributed by atoms with E-state index in [4.69, 9.17) is 0 Å². The van der Waals surface area contributed by atoms with Crippen molar-refractivity contribution in [2.45, 2.75) is 31.3 Å². The fourth-order valence-electron chi connectivity index (χ4n) is 2.19. The highest BCUT2D eigenvalue weighted by Gasteiger charge is 2.15. The zero-order valence-corrected chi connectivity index (χ0v) is 15.4. The average molecular weight is 376 g/mol. The van der Waals surface area contributed by atoms with Crippen LogP contribution in [-0.2, 0) is 21.4 Å². The van der Waals surface area contributed by atoms with Crippen molar-refractivity contribution >= 4 is 22.0 Å². The van der Waals surface area contributed by atoms with Crippen LogP contribution in [0.15, 0.2) is 59.5 Å². The highest BCUT2D eigenvalue weighted by atomic mass is 32.2. The zero-order chi connectivity index (χ0) is 19.2. The highest BCUT2D eigenvalue weighted by molar-refractivity contribution is 7.89. The molecule has 2 rings (SSSR count). The van der Waals surface area contributed by atoms with Crippen molar-refractivity contribution in [2.24, 2.45) is 0 Å². The second-order valence-corrected chi connectivity index (χ2v) is 7.74. The summed E-state index contributed by atoms with van der Waals surface area (Å²) in [6.45, 7) is 3.68. The molecule has 5 nitrogen and oxygen atoms in total. The molecule has 26 heavy (non-hydrogen) atoms. The summed E-state index contributed by atoms with van der Waals surface area (Å²) in [4.78, 5) is 12.0. The van der Waals surface area contributed by atoms with Crippen LogP contribution in [0.2, 0.25) is 0 Å². The topological polar surface area (TPSA) is 75.3 Å². The van der Waals surface area contributed by atoms with E-state index in [0.29, 0.717) is 11.1 Å². The van der Waals surface area contributed by atoms with Gasteiger partial charge in [-0.25, -0.2) is 17.5 Å². The van der Waals surface area contributed by atoms with E-state index in [1.807, 2.05) is 0 Å². The molecule has 2 aromatic carbocycles. The second-order valence-electron chi connectivity index (χ2n) is 6.03. The van der Waals surface area contributed by atoms with Crippen LogP contribution >= 0.6 is 0 Å². The number of carbonyl (C=O) groups excluding carboxylic acids is 1. The van der Waals surface area contributed by atoms with Gasteiger partial charge >= 0.3 is 0 Å². The Kier molecular flexibility index (Phi) is 6.65. The molecule has 0 unspecified atom stereocenters. The van der Waals surface area contributed by atoms with E-state index >= 15 is 0 Å². The SMILES string of the molecule is CC(C)NS(=O)(=O)c1cccc(CNC(=O)C=Cc2ccc(F)cc2)c1. The molecule has 1 amide bonds. The molecule has 138 valence electrons. The third kappa shape index (κ3) is 6.09. The molecule has 0 aliphatic carbocycles. The quantitative estimate of drug-likeness (QED) is 0.730. The lowest BCUT2D eigenvalue weighted by Crippen LogP contribution is -2.30. The molecule has 0 aliphatic heterocycles. The number of amides is 1. The predicted octanol–water partition coefficient (Wildman–Crippen LogP) is 2.84. The first-order valence-corrected chi connectivity index (χ1v) is 9.57. The summed E-state index contributed by atoms with van der Waals surface area (Å²) in [6, 6.07) is 11.9. The highest BCUT2D eigenvalue weighted by Crippen LogP contribution is 2.12. The first kappa shape index (κ1) is 19.8. The van der Waals surface area contributed by atoms with Gasteiger partial charge in [0.05, 0.1) is 4.90 Å². The largest absolute Gasteiger partial charge is 0.348 e. The fourth-order valence-corrected chi connectivity index (χ4v) is 3.52. The maximum absolute atomic E-state index is 12.8. The molecular formula is C19H21FN2O3S. The minimum atomic E-state index is -3.58. The number of hydrogen-bond acceptors (Lipinski definition) is 3. The first-order chi connectivity index (χ1) is 12.3. The van der Waals surface area contributed by atoms with Gasteiger partial charge in [0, 0.05) is 18.7 Å². The van der Waals surface area contributed by atoms with Crippen molar-refractivity contribution in [2.75, 3.05) is 0 Å². The lowest BCUT2D eigenvalue weighted by molar-refractivity contribution is -0.116. The fraction of sp³-hybridized carbons (Fsp3) is 0.211. The number of nitrogens with one attached hydrogen (secondary N) is 2. The summed E-state index contributed by atoms with van der Waals surface area (Å²) in [5, 5.41) is 2.68. The number of halogens is 1. The van der Waals surface area contributed by atoms with Gasteiger partial charge in [-0.1, -0.05) is 24.3 Å². The average Bonchev–Trinajstić information content (AvgIpc) is 2.58. The van der Waals surface area contributed by atoms with Crippen molar-refractivity contribution in [3.63, 3.8) is 0 Å². The van der Waals surface area contributed by atoms with Gasteiger partial charge in [-0.3, -0.25) is 4.79 Å². The molecule has 0 heterocycles. The van der Waals surface area contributed by atoms with Gasteiger partial charge in [-0.2, -0.15) is 0 Å². The molecule has 0 bridgehead atoms. The maximum atomic E-state index is 12.8. The van der Waals surface area contributed by atoms with Gasteiger partial charge in [0.25, 0.3) is 0 Å². The Bertz CT molecular complexity index is 891. The lowest BCUT2D eigenvalue weighted by Gasteiger charge is -2.11. The molecule has 7 heteroatoms. The molecule has 0 saturated heterocycles. The van der Waals surface area contributed by atoms with E-state index in [-0.39, 0.29) is 29.2 Å². The second kappa shape index (κ2) is 8.73. The summed E-state index contributed by atoms with van der Waals surface area (Å²) < 4.78 is 39.7. The summed E-state index contributed by atoms with van der Waals surface area (Å²) in [5.74, 6) is -0.670. The zero-order valence-electron chi connectivity index (χ0n) is 14.6. The third-order valence-electron chi connectivity index (χ3n) is 3.36. The Balaban J connectivity index is 1.98. The van der Waals surface area contributed by atoms with E-state index < -0.39 is 10.0 Å². The lowest BCUT2D eigenvalue weighted by atomic mass is 10.2. The predicted molar refractivity (Wildman–Crippen MR) is 99.2 cm³/mol. The summed E-state index contributed by atoms with van der Waals surface area (Å²) in [6.07, 6.45) is 2.91. The summed E-state index contributed by atoms with van der Waals surface area (Å²) in [7, 11) is -3.58. The molecule has 0 atom stereocenters. The van der Waals surface area contributed by atoms with E-state index in [9.17, 15) is 17.6 Å². The van der Waals surface area contributed by atoms with Crippen LogP contribution in [-0.4, -0.2) is 20.4 Å². The Morgan fingerprint density at radius 2 is 1.85 bits per heavy atom. The van der Waals surface area contributed by atoms with Gasteiger partial charge in [0.15, 0.2) is 0 Å². The summed E-state index contributed by atoms with van der Waals surface area (Å²) >= 11 is 0. The smallest absolute Gasteiger partial charge is 0.244 e. The maximum Gasteiger partial charge on any atom is 0.244 e. The van der Waals surface area contributed by atoms with E-state index in [1.165, 1.54) is 30.3 Å². The molecule has 0 spiro atoms. The van der Waals surface area contributed by atoms with Crippen molar-refractivity contribution in [3.05, 3.63) is 71.6 Å². The monoisotopic (exact) mass is 376 g/mol. The van der Waals surface area contributed by atoms with Crippen LogP contribution in [0, 0.1) is 5.82 Å². The van der Waals surface area contributed by atoms with Gasteiger partial charge < -0.3 is 5.32 Å². The molecule has 0 aromatic heterocycles. The molecule has 0 aliphatic rings. The Morgan fingerprint density at radius 3 is 2.50 bits per heavy atom. The Morgan fingerprint density at radius 1 is 1.15 bits per heavy atom. The van der Waals surface area contributed by atoms with E-state index in [1.54, 1.807) is 44.2 Å². The van der Waals surface area contributed by atoms with Crippen LogP contribution in [0.25, 0.3) is 6.08 Å². The molecule has 2 aromatic rings. The molecule has 2 N–H and O–H groups in total. The van der Waals surface area contributed by atoms with Gasteiger partial charge in [-0.05, 0) is 55.3 Å². The minimum Gasteiger partial charge on any atom is -0.348 e. The summed E-state index contributed by atoms with van der Waals surface area (Å²) in [5.41, 5.74) is 1.37. The normalized spacial score (nSPS) is 11.8. The van der Waals surface area contributed by atoms with E-state index in [0.717, 1.165) is 0 Å². The minimum absolute atomic E-state index is 0.153. The van der Waals surface area contributed by atoms with Gasteiger partial charge in [0.2, 0.25) is 15.9 Å². The van der Waals surface area contributed by atoms with Gasteiger partial charge in [-0.15, -0.1) is 0 Å². The van der Waals surface area contributed by atoms with E-state index in [2.05, 4.69) is 10.0 Å². The van der Waals surface area contributed by atoms with Crippen LogP contribution < -0.4 is 10.0 Å². The van der Waals surface area contributed by atoms with Crippen LogP contribution in [0.3, 0.4) is 0 Å². The van der Waals surface area contributed by atoms with Crippen molar-refractivity contribution in [3.8, 4) is 0 Å². The van der Waals surface area contributed by atoms with Crippen LogP contribution in [0.1, 0.15) is 25.0 Å². The molecule has 0 fully saturated rings. The van der Waals surface area contributed by atoms with Gasteiger partial charge in [0.1, 0.15) is 5.82 Å². The number of sulfonamides is 1. The Labute approximate surface area is 153 Å². The number of rotatable bonds is 7.